The smallest absolute Gasteiger partial charge is 0.114 e. The van der Waals surface area contributed by atoms with Gasteiger partial charge in [-0.1, -0.05) is 68.4 Å². The quantitative estimate of drug-likeness (QED) is 0.345. The molecule has 30 heavy (non-hydrogen) atoms. The first-order valence-corrected chi connectivity index (χ1v) is 10.6. The molecular weight excluding hydrogens is 378 g/mol. The minimum absolute atomic E-state index is 0.0685. The van der Waals surface area contributed by atoms with Crippen LogP contribution >= 0.6 is 0 Å². The van der Waals surface area contributed by atoms with Gasteiger partial charge in [0.15, 0.2) is 0 Å². The van der Waals surface area contributed by atoms with Crippen LogP contribution in [0.3, 0.4) is 0 Å². The van der Waals surface area contributed by atoms with Gasteiger partial charge in [-0.25, -0.2) is 0 Å². The first kappa shape index (κ1) is 22.3. The lowest BCUT2D eigenvalue weighted by Crippen LogP contribution is -2.52. The lowest BCUT2D eigenvalue weighted by atomic mass is 9.78. The first-order chi connectivity index (χ1) is 14.5. The molecule has 0 saturated carbocycles. The molecule has 0 bridgehead atoms. The van der Waals surface area contributed by atoms with Gasteiger partial charge in [0.25, 0.3) is 0 Å². The highest BCUT2D eigenvalue weighted by atomic mass is 16.6. The molecule has 0 spiro atoms. The molecule has 1 aliphatic rings. The second-order valence-electron chi connectivity index (χ2n) is 8.20. The zero-order valence-electron chi connectivity index (χ0n) is 18.1. The maximum absolute atomic E-state index is 11.3. The molecule has 0 aliphatic carbocycles. The van der Waals surface area contributed by atoms with Crippen LogP contribution in [0.15, 0.2) is 53.6 Å². The summed E-state index contributed by atoms with van der Waals surface area (Å²) in [6.07, 6.45) is -0.605. The van der Waals surface area contributed by atoms with E-state index in [0.717, 1.165) is 23.1 Å². The summed E-state index contributed by atoms with van der Waals surface area (Å²) < 4.78 is 12.8. The lowest BCUT2D eigenvalue weighted by molar-refractivity contribution is -0.220. The van der Waals surface area contributed by atoms with Gasteiger partial charge in [0.1, 0.15) is 12.2 Å². The molecule has 1 aliphatic heterocycles. The number of azide groups is 1. The van der Waals surface area contributed by atoms with Crippen LogP contribution in [0.4, 0.5) is 5.69 Å². The molecule has 2 aromatic rings. The zero-order valence-corrected chi connectivity index (χ0v) is 18.1. The molecule has 1 fully saturated rings. The number of aliphatic hydroxyl groups excluding tert-OH is 1. The Morgan fingerprint density at radius 3 is 2.53 bits per heavy atom. The third-order valence-corrected chi connectivity index (χ3v) is 6.32. The van der Waals surface area contributed by atoms with Crippen molar-refractivity contribution in [3.8, 4) is 0 Å². The molecule has 0 amide bonds. The van der Waals surface area contributed by atoms with Crippen molar-refractivity contribution in [1.29, 1.82) is 0 Å². The van der Waals surface area contributed by atoms with Crippen LogP contribution in [0, 0.1) is 18.8 Å². The third kappa shape index (κ3) is 4.85. The van der Waals surface area contributed by atoms with Crippen molar-refractivity contribution in [2.24, 2.45) is 17.0 Å². The molecule has 160 valence electrons. The molecule has 1 N–H and O–H groups in total. The number of ether oxygens (including phenoxy) is 2. The van der Waals surface area contributed by atoms with Crippen molar-refractivity contribution in [3.63, 3.8) is 0 Å². The first-order valence-electron chi connectivity index (χ1n) is 10.6. The molecule has 2 unspecified atom stereocenters. The van der Waals surface area contributed by atoms with Crippen LogP contribution in [0.25, 0.3) is 10.4 Å². The number of benzene rings is 2. The van der Waals surface area contributed by atoms with Gasteiger partial charge in [0.05, 0.1) is 18.8 Å². The topological polar surface area (TPSA) is 87.5 Å². The van der Waals surface area contributed by atoms with E-state index in [1.165, 1.54) is 0 Å². The summed E-state index contributed by atoms with van der Waals surface area (Å²) in [6.45, 7) is 8.87. The van der Waals surface area contributed by atoms with Crippen molar-refractivity contribution >= 4 is 5.69 Å². The maximum atomic E-state index is 11.3. The van der Waals surface area contributed by atoms with E-state index in [1.54, 1.807) is 12.1 Å². The van der Waals surface area contributed by atoms with Gasteiger partial charge in [-0.3, -0.25) is 0 Å². The monoisotopic (exact) mass is 409 g/mol. The predicted molar refractivity (Wildman–Crippen MR) is 117 cm³/mol. The van der Waals surface area contributed by atoms with E-state index in [2.05, 4.69) is 30.8 Å². The standard InChI is InChI=1S/C24H31N3O3/c1-5-21-16(3)17(4)23(29-14-18-9-7-6-8-10-18)24(30-21)22(28)20-12-11-19(26-27-25)13-15(20)2/h6-13,16-17,21-24,28H,5,14H2,1-4H3/t16-,17-,21?,22+,23?,24+/m0/s1. The highest BCUT2D eigenvalue weighted by Crippen LogP contribution is 2.40. The highest BCUT2D eigenvalue weighted by Gasteiger charge is 2.45. The molecular formula is C24H31N3O3. The second kappa shape index (κ2) is 10.1. The summed E-state index contributed by atoms with van der Waals surface area (Å²) in [4.78, 5) is 2.83. The minimum Gasteiger partial charge on any atom is -0.386 e. The molecule has 6 heteroatoms. The van der Waals surface area contributed by atoms with Crippen LogP contribution in [-0.2, 0) is 16.1 Å². The predicted octanol–water partition coefficient (Wildman–Crippen LogP) is 6.01. The van der Waals surface area contributed by atoms with Crippen LogP contribution < -0.4 is 0 Å². The number of aliphatic hydroxyl groups is 1. The molecule has 2 aromatic carbocycles. The average Bonchev–Trinajstić information content (AvgIpc) is 2.75. The Bertz CT molecular complexity index is 883. The van der Waals surface area contributed by atoms with Gasteiger partial charge in [-0.15, -0.1) is 0 Å². The van der Waals surface area contributed by atoms with Gasteiger partial charge < -0.3 is 14.6 Å². The Labute approximate surface area is 178 Å². The van der Waals surface area contributed by atoms with Gasteiger partial charge in [-0.05, 0) is 53.5 Å². The summed E-state index contributed by atoms with van der Waals surface area (Å²) in [5, 5.41) is 15.0. The van der Waals surface area contributed by atoms with E-state index in [0.29, 0.717) is 18.2 Å². The zero-order chi connectivity index (χ0) is 21.7. The molecule has 1 heterocycles. The Balaban J connectivity index is 1.87. The Hall–Kier alpha value is -2.37. The number of hydrogen-bond acceptors (Lipinski definition) is 4. The Morgan fingerprint density at radius 1 is 1.17 bits per heavy atom. The number of hydrogen-bond donors (Lipinski definition) is 1. The number of rotatable bonds is 7. The molecule has 3 rings (SSSR count). The summed E-state index contributed by atoms with van der Waals surface area (Å²) >= 11 is 0. The third-order valence-electron chi connectivity index (χ3n) is 6.32. The fourth-order valence-corrected chi connectivity index (χ4v) is 4.36. The van der Waals surface area contributed by atoms with E-state index in [4.69, 9.17) is 15.0 Å². The molecule has 0 radical (unpaired) electrons. The number of aryl methyl sites for hydroxylation is 1. The maximum Gasteiger partial charge on any atom is 0.114 e. The van der Waals surface area contributed by atoms with Crippen molar-refractivity contribution in [1.82, 2.24) is 0 Å². The van der Waals surface area contributed by atoms with Gasteiger partial charge in [-0.2, -0.15) is 0 Å². The van der Waals surface area contributed by atoms with Gasteiger partial charge >= 0.3 is 0 Å². The summed E-state index contributed by atoms with van der Waals surface area (Å²) in [7, 11) is 0. The SMILES string of the molecule is CCC1O[C@H]([C@H](O)c2ccc(N=[N+]=[N-])cc2C)C(OCc2ccccc2)[C@@H](C)[C@@H]1C. The highest BCUT2D eigenvalue weighted by molar-refractivity contribution is 5.44. The average molecular weight is 410 g/mol. The van der Waals surface area contributed by atoms with Crippen molar-refractivity contribution in [3.05, 3.63) is 75.7 Å². The Morgan fingerprint density at radius 2 is 1.90 bits per heavy atom. The van der Waals surface area contributed by atoms with E-state index in [9.17, 15) is 5.11 Å². The molecule has 6 atom stereocenters. The molecule has 1 saturated heterocycles. The lowest BCUT2D eigenvalue weighted by Gasteiger charge is -2.46. The van der Waals surface area contributed by atoms with Crippen LogP contribution in [0.2, 0.25) is 0 Å². The van der Waals surface area contributed by atoms with Crippen LogP contribution in [-0.4, -0.2) is 23.4 Å². The van der Waals surface area contributed by atoms with E-state index >= 15 is 0 Å². The minimum atomic E-state index is -0.838. The van der Waals surface area contributed by atoms with Crippen LogP contribution in [0.1, 0.15) is 50.0 Å². The van der Waals surface area contributed by atoms with E-state index in [-0.39, 0.29) is 18.1 Å². The second-order valence-corrected chi connectivity index (χ2v) is 8.20. The van der Waals surface area contributed by atoms with Gasteiger partial charge in [0, 0.05) is 10.6 Å². The van der Waals surface area contributed by atoms with Crippen molar-refractivity contribution in [2.45, 2.75) is 65.1 Å². The normalized spacial score (nSPS) is 27.3. The van der Waals surface area contributed by atoms with Crippen molar-refractivity contribution in [2.75, 3.05) is 0 Å². The van der Waals surface area contributed by atoms with E-state index < -0.39 is 12.2 Å². The summed E-state index contributed by atoms with van der Waals surface area (Å²) in [5.74, 6) is 0.558. The van der Waals surface area contributed by atoms with Crippen molar-refractivity contribution < 1.29 is 14.6 Å². The van der Waals surface area contributed by atoms with E-state index in [1.807, 2.05) is 43.3 Å². The Kier molecular flexibility index (Phi) is 7.51. The molecule has 6 nitrogen and oxygen atoms in total. The summed E-state index contributed by atoms with van der Waals surface area (Å²) in [6, 6.07) is 15.4. The fraction of sp³-hybridized carbons (Fsp3) is 0.500. The fourth-order valence-electron chi connectivity index (χ4n) is 4.36. The summed E-state index contributed by atoms with van der Waals surface area (Å²) in [5.41, 5.74) is 11.9. The molecule has 0 aromatic heterocycles. The number of nitrogens with zero attached hydrogens (tertiary/aromatic N) is 3. The van der Waals surface area contributed by atoms with Gasteiger partial charge in [0.2, 0.25) is 0 Å². The largest absolute Gasteiger partial charge is 0.386 e. The van der Waals surface area contributed by atoms with Crippen LogP contribution in [0.5, 0.6) is 0 Å².